The zero-order valence-corrected chi connectivity index (χ0v) is 19.1. The third-order valence-corrected chi connectivity index (χ3v) is 6.53. The minimum Gasteiger partial charge on any atom is -0.479 e. The molecule has 3 aromatic heterocycles. The molecule has 2 fully saturated rings. The molecule has 2 aliphatic rings. The van der Waals surface area contributed by atoms with Crippen LogP contribution in [0.15, 0.2) is 29.4 Å². The Balaban J connectivity index is 1.47. The lowest BCUT2D eigenvalue weighted by Gasteiger charge is -2.34. The van der Waals surface area contributed by atoms with Gasteiger partial charge < -0.3 is 9.47 Å². The molecule has 0 aliphatic carbocycles. The summed E-state index contributed by atoms with van der Waals surface area (Å²) in [5, 5.41) is 10.6. The van der Waals surface area contributed by atoms with Crippen molar-refractivity contribution < 1.29 is 28.4 Å². The Morgan fingerprint density at radius 3 is 2.92 bits per heavy atom. The van der Waals surface area contributed by atoms with E-state index in [1.165, 1.54) is 11.8 Å². The first-order valence-corrected chi connectivity index (χ1v) is 11.3. The molecule has 0 amide bonds. The summed E-state index contributed by atoms with van der Waals surface area (Å²) in [5.41, 5.74) is 1.17. The highest BCUT2D eigenvalue weighted by atomic mass is 19.3. The van der Waals surface area contributed by atoms with E-state index in [9.17, 15) is 13.2 Å². The normalized spacial score (nSPS) is 21.4. The van der Waals surface area contributed by atoms with E-state index in [1.54, 1.807) is 23.1 Å². The molecule has 0 bridgehead atoms. The van der Waals surface area contributed by atoms with Crippen molar-refractivity contribution in [3.05, 3.63) is 35.8 Å². The Kier molecular flexibility index (Phi) is 5.16. The lowest BCUT2D eigenvalue weighted by atomic mass is 10.1. The molecule has 2 aliphatic heterocycles. The van der Waals surface area contributed by atoms with Gasteiger partial charge in [0.15, 0.2) is 5.82 Å². The average Bonchev–Trinajstić information content (AvgIpc) is 3.45. The van der Waals surface area contributed by atoms with Crippen molar-refractivity contribution in [2.45, 2.75) is 24.6 Å². The van der Waals surface area contributed by atoms with E-state index < -0.39 is 37.2 Å². The molecule has 6 rings (SSSR count). The SMILES string of the molecule is [2H]c1c(F)c(-c2ccc3nnn(CCF)c3c2)c2c(OC)nc(=NC3CN(C4COC4)CC3(F)F)[nH]n12. The fraction of sp³-hybridized carbons (Fsp3) is 0.455. The van der Waals surface area contributed by atoms with Crippen molar-refractivity contribution in [2.75, 3.05) is 40.1 Å². The zero-order chi connectivity index (χ0) is 25.9. The smallest absolute Gasteiger partial charge is 0.283 e. The summed E-state index contributed by atoms with van der Waals surface area (Å²) in [6.07, 6.45) is -0.566. The van der Waals surface area contributed by atoms with Crippen LogP contribution >= 0.6 is 0 Å². The number of H-pyrrole nitrogens is 1. The lowest BCUT2D eigenvalue weighted by Crippen LogP contribution is -2.48. The maximum absolute atomic E-state index is 15.5. The van der Waals surface area contributed by atoms with E-state index in [2.05, 4.69) is 25.4 Å². The van der Waals surface area contributed by atoms with E-state index in [-0.39, 0.29) is 41.7 Å². The Bertz CT molecular complexity index is 1560. The molecule has 14 heteroatoms. The van der Waals surface area contributed by atoms with E-state index >= 15 is 4.39 Å². The summed E-state index contributed by atoms with van der Waals surface area (Å²) in [6, 6.07) is 3.31. The molecule has 0 radical (unpaired) electrons. The summed E-state index contributed by atoms with van der Waals surface area (Å²) in [6.45, 7) is -0.321. The molecule has 1 N–H and O–H groups in total. The first-order chi connectivity index (χ1) is 17.8. The van der Waals surface area contributed by atoms with Crippen LogP contribution < -0.4 is 10.4 Å². The van der Waals surface area contributed by atoms with Crippen molar-refractivity contribution >= 4 is 16.6 Å². The minimum atomic E-state index is -3.10. The van der Waals surface area contributed by atoms with Crippen molar-refractivity contribution in [1.29, 1.82) is 0 Å². The van der Waals surface area contributed by atoms with Gasteiger partial charge in [-0.1, -0.05) is 11.3 Å². The number of aromatic nitrogens is 6. The highest BCUT2D eigenvalue weighted by Crippen LogP contribution is 2.35. The van der Waals surface area contributed by atoms with Crippen molar-refractivity contribution in [2.24, 2.45) is 4.99 Å². The molecule has 1 atom stereocenters. The van der Waals surface area contributed by atoms with Crippen LogP contribution in [0.5, 0.6) is 5.88 Å². The summed E-state index contributed by atoms with van der Waals surface area (Å²) in [5.74, 6) is -4.10. The van der Waals surface area contributed by atoms with Crippen LogP contribution in [0.1, 0.15) is 1.37 Å². The van der Waals surface area contributed by atoms with Gasteiger partial charge in [0, 0.05) is 6.54 Å². The van der Waals surface area contributed by atoms with Crippen LogP contribution in [0.2, 0.25) is 0 Å². The van der Waals surface area contributed by atoms with Crippen molar-refractivity contribution in [3.8, 4) is 17.0 Å². The number of likely N-dealkylation sites (tertiary alicyclic amines) is 1. The molecular formula is C22H22F4N8O2. The van der Waals surface area contributed by atoms with Gasteiger partial charge in [0.2, 0.25) is 11.5 Å². The number of aromatic amines is 1. The Hall–Kier alpha value is -3.52. The molecule has 2 saturated heterocycles. The average molecular weight is 507 g/mol. The quantitative estimate of drug-likeness (QED) is 0.400. The van der Waals surface area contributed by atoms with Crippen molar-refractivity contribution in [3.63, 3.8) is 0 Å². The Labute approximate surface area is 202 Å². The summed E-state index contributed by atoms with van der Waals surface area (Å²) in [7, 11) is 1.30. The number of fused-ring (bicyclic) bond motifs is 2. The number of halogens is 4. The van der Waals surface area contributed by atoms with Gasteiger partial charge in [0.05, 0.1) is 58.1 Å². The van der Waals surface area contributed by atoms with Gasteiger partial charge in [-0.25, -0.2) is 27.2 Å². The number of methoxy groups -OCH3 is 1. The molecule has 36 heavy (non-hydrogen) atoms. The van der Waals surface area contributed by atoms with Crippen LogP contribution in [0.25, 0.3) is 27.7 Å². The largest absolute Gasteiger partial charge is 0.479 e. The van der Waals surface area contributed by atoms with E-state index in [4.69, 9.17) is 10.8 Å². The zero-order valence-electron chi connectivity index (χ0n) is 20.1. The van der Waals surface area contributed by atoms with Gasteiger partial charge in [-0.15, -0.1) is 5.10 Å². The maximum Gasteiger partial charge on any atom is 0.283 e. The first-order valence-electron chi connectivity index (χ1n) is 11.8. The van der Waals surface area contributed by atoms with Crippen LogP contribution in [0.3, 0.4) is 0 Å². The molecule has 1 unspecified atom stereocenters. The summed E-state index contributed by atoms with van der Waals surface area (Å²) < 4.78 is 79.1. The second kappa shape index (κ2) is 8.55. The van der Waals surface area contributed by atoms with E-state index in [1.807, 2.05) is 0 Å². The first kappa shape index (κ1) is 21.7. The topological polar surface area (TPSA) is 97.9 Å². The van der Waals surface area contributed by atoms with E-state index in [0.717, 1.165) is 4.52 Å². The number of nitrogens with zero attached hydrogens (tertiary/aromatic N) is 7. The summed E-state index contributed by atoms with van der Waals surface area (Å²) in [4.78, 5) is 9.97. The molecular weight excluding hydrogens is 484 g/mol. The van der Waals surface area contributed by atoms with Gasteiger partial charge in [-0.2, -0.15) is 4.98 Å². The molecule has 190 valence electrons. The molecule has 1 aromatic carbocycles. The number of nitrogens with one attached hydrogen (secondary N) is 1. The molecule has 10 nitrogen and oxygen atoms in total. The second-order valence-electron chi connectivity index (χ2n) is 8.77. The minimum absolute atomic E-state index is 0.00518. The highest BCUT2D eigenvalue weighted by Gasteiger charge is 2.51. The fourth-order valence-electron chi connectivity index (χ4n) is 4.61. The van der Waals surface area contributed by atoms with Gasteiger partial charge in [-0.05, 0) is 17.7 Å². The predicted octanol–water partition coefficient (Wildman–Crippen LogP) is 1.81. The van der Waals surface area contributed by atoms with Crippen LogP contribution in [0, 0.1) is 5.82 Å². The van der Waals surface area contributed by atoms with Gasteiger partial charge in [0.25, 0.3) is 5.92 Å². The van der Waals surface area contributed by atoms with Gasteiger partial charge >= 0.3 is 0 Å². The molecule has 4 aromatic rings. The van der Waals surface area contributed by atoms with Crippen LogP contribution in [-0.2, 0) is 11.3 Å². The molecule has 0 spiro atoms. The van der Waals surface area contributed by atoms with Gasteiger partial charge in [0.1, 0.15) is 23.7 Å². The van der Waals surface area contributed by atoms with Gasteiger partial charge in [-0.3, -0.25) is 14.5 Å². The lowest BCUT2D eigenvalue weighted by molar-refractivity contribution is -0.0713. The molecule has 5 heterocycles. The van der Waals surface area contributed by atoms with Crippen LogP contribution in [-0.4, -0.2) is 92.6 Å². The third kappa shape index (κ3) is 3.71. The van der Waals surface area contributed by atoms with Crippen LogP contribution in [0.4, 0.5) is 17.6 Å². The number of rotatable bonds is 6. The Morgan fingerprint density at radius 2 is 2.19 bits per heavy atom. The summed E-state index contributed by atoms with van der Waals surface area (Å²) >= 11 is 0. The fourth-order valence-corrected chi connectivity index (χ4v) is 4.61. The Morgan fingerprint density at radius 1 is 1.36 bits per heavy atom. The van der Waals surface area contributed by atoms with E-state index in [0.29, 0.717) is 29.8 Å². The third-order valence-electron chi connectivity index (χ3n) is 6.53. The number of benzene rings is 1. The number of aryl methyl sites for hydroxylation is 1. The number of alkyl halides is 3. The second-order valence-corrected chi connectivity index (χ2v) is 8.77. The number of hydrogen-bond acceptors (Lipinski definition) is 7. The number of hydrogen-bond donors (Lipinski definition) is 1. The molecule has 0 saturated carbocycles. The standard InChI is InChI=1S/C22H22F4N8O2/c1-35-20-19-18(12-2-3-15-16(6-12)33(5-4-23)31-29-15)14(24)7-34(19)30-21(28-20)27-17-8-32(11-22(17,25)26)13-9-36-10-13/h2-3,6-7,13,17H,4-5,8-11H2,1H3,(H,27,30)/i7D. The maximum atomic E-state index is 15.5. The number of ether oxygens (including phenoxy) is 2. The predicted molar refractivity (Wildman–Crippen MR) is 119 cm³/mol. The van der Waals surface area contributed by atoms with Crippen molar-refractivity contribution in [1.82, 2.24) is 34.5 Å². The highest BCUT2D eigenvalue weighted by molar-refractivity contribution is 5.89. The monoisotopic (exact) mass is 507 g/mol.